The number of rotatable bonds is 5. The van der Waals surface area contributed by atoms with Gasteiger partial charge in [0.05, 0.1) is 12.2 Å². The first-order valence-corrected chi connectivity index (χ1v) is 7.70. The van der Waals surface area contributed by atoms with Crippen LogP contribution in [0.3, 0.4) is 0 Å². The third-order valence-corrected chi connectivity index (χ3v) is 3.88. The Bertz CT molecular complexity index is 658. The van der Waals surface area contributed by atoms with Crippen molar-refractivity contribution in [1.29, 1.82) is 0 Å². The largest absolute Gasteiger partial charge is 0.393 e. The van der Waals surface area contributed by atoms with Crippen molar-refractivity contribution in [3.63, 3.8) is 0 Å². The van der Waals surface area contributed by atoms with E-state index in [0.717, 1.165) is 35.1 Å². The molecule has 0 amide bonds. The van der Waals surface area contributed by atoms with Crippen molar-refractivity contribution in [3.05, 3.63) is 50.3 Å². The first-order chi connectivity index (χ1) is 9.58. The average Bonchev–Trinajstić information content (AvgIpc) is 2.64. The van der Waals surface area contributed by atoms with Gasteiger partial charge in [-0.1, -0.05) is 41.4 Å². The van der Waals surface area contributed by atoms with Crippen LogP contribution in [0.25, 0.3) is 0 Å². The van der Waals surface area contributed by atoms with Crippen LogP contribution < -0.4 is 11.3 Å². The summed E-state index contributed by atoms with van der Waals surface area (Å²) < 4.78 is 4.75. The number of anilines is 1. The summed E-state index contributed by atoms with van der Waals surface area (Å²) >= 11 is 3.46. The molecule has 0 bridgehead atoms. The van der Waals surface area contributed by atoms with Crippen LogP contribution in [0, 0.1) is 0 Å². The molecule has 2 N–H and O–H groups in total. The van der Waals surface area contributed by atoms with Gasteiger partial charge < -0.3 is 5.73 Å². The van der Waals surface area contributed by atoms with Crippen LogP contribution in [0.1, 0.15) is 31.5 Å². The van der Waals surface area contributed by atoms with Crippen molar-refractivity contribution < 1.29 is 0 Å². The average molecular weight is 338 g/mol. The molecule has 0 saturated carbocycles. The fourth-order valence-electron chi connectivity index (χ4n) is 2.48. The summed E-state index contributed by atoms with van der Waals surface area (Å²) in [7, 11) is 0. The van der Waals surface area contributed by atoms with Crippen LogP contribution in [0.4, 0.5) is 5.69 Å². The molecule has 108 valence electrons. The molecule has 1 aromatic carbocycles. The van der Waals surface area contributed by atoms with Gasteiger partial charge in [0.25, 0.3) is 5.56 Å². The van der Waals surface area contributed by atoms with E-state index in [1.54, 1.807) is 4.68 Å². The molecule has 5 heteroatoms. The summed E-state index contributed by atoms with van der Waals surface area (Å²) in [6.45, 7) is 5.42. The molecular weight excluding hydrogens is 318 g/mol. The van der Waals surface area contributed by atoms with Gasteiger partial charge in [-0.2, -0.15) is 0 Å². The molecule has 0 saturated heterocycles. The molecule has 0 aliphatic heterocycles. The van der Waals surface area contributed by atoms with Gasteiger partial charge >= 0.3 is 0 Å². The van der Waals surface area contributed by atoms with Crippen molar-refractivity contribution in [1.82, 2.24) is 9.36 Å². The van der Waals surface area contributed by atoms with E-state index in [2.05, 4.69) is 22.9 Å². The van der Waals surface area contributed by atoms with Gasteiger partial charge in [-0.05, 0) is 31.0 Å². The second-order valence-electron chi connectivity index (χ2n) is 4.82. The molecular formula is C15H20BrN3O. The molecule has 0 aliphatic rings. The number of hydrogen-bond donors (Lipinski definition) is 1. The second-order valence-corrected chi connectivity index (χ2v) is 5.73. The van der Waals surface area contributed by atoms with E-state index < -0.39 is 0 Å². The van der Waals surface area contributed by atoms with Crippen molar-refractivity contribution in [2.24, 2.45) is 0 Å². The zero-order valence-electron chi connectivity index (χ0n) is 11.9. The number of aromatic nitrogens is 2. The summed E-state index contributed by atoms with van der Waals surface area (Å²) in [5, 5.41) is 0. The van der Waals surface area contributed by atoms with Gasteiger partial charge in [0, 0.05) is 11.0 Å². The molecule has 2 rings (SSSR count). The fourth-order valence-corrected chi connectivity index (χ4v) is 2.93. The highest BCUT2D eigenvalue weighted by atomic mass is 79.9. The first kappa shape index (κ1) is 14.9. The lowest BCUT2D eigenvalue weighted by atomic mass is 10.2. The predicted molar refractivity (Wildman–Crippen MR) is 86.0 cm³/mol. The zero-order valence-corrected chi connectivity index (χ0v) is 13.5. The summed E-state index contributed by atoms with van der Waals surface area (Å²) in [5.41, 5.74) is 8.32. The smallest absolute Gasteiger partial charge is 0.290 e. The predicted octanol–water partition coefficient (Wildman–Crippen LogP) is 3.02. The Kier molecular flexibility index (Phi) is 4.70. The minimum atomic E-state index is -0.0877. The number of benzene rings is 1. The Labute approximate surface area is 127 Å². The maximum atomic E-state index is 12.3. The fraction of sp³-hybridized carbons (Fsp3) is 0.400. The lowest BCUT2D eigenvalue weighted by Crippen LogP contribution is -2.24. The lowest BCUT2D eigenvalue weighted by molar-refractivity contribution is 0.471. The van der Waals surface area contributed by atoms with E-state index in [1.807, 2.05) is 35.9 Å². The van der Waals surface area contributed by atoms with Crippen molar-refractivity contribution in [2.75, 3.05) is 5.73 Å². The lowest BCUT2D eigenvalue weighted by Gasteiger charge is -2.13. The van der Waals surface area contributed by atoms with Crippen LogP contribution >= 0.6 is 15.9 Å². The van der Waals surface area contributed by atoms with Crippen LogP contribution in [0.15, 0.2) is 33.5 Å². The van der Waals surface area contributed by atoms with Gasteiger partial charge in [-0.3, -0.25) is 9.48 Å². The van der Waals surface area contributed by atoms with Gasteiger partial charge in [0.15, 0.2) is 0 Å². The Hall–Kier alpha value is -1.49. The van der Waals surface area contributed by atoms with E-state index in [1.165, 1.54) is 0 Å². The van der Waals surface area contributed by atoms with Crippen molar-refractivity contribution in [2.45, 2.75) is 39.8 Å². The molecule has 20 heavy (non-hydrogen) atoms. The van der Waals surface area contributed by atoms with E-state index in [9.17, 15) is 4.79 Å². The Morgan fingerprint density at radius 3 is 2.60 bits per heavy atom. The van der Waals surface area contributed by atoms with E-state index >= 15 is 0 Å². The topological polar surface area (TPSA) is 53.0 Å². The molecule has 1 heterocycles. The minimum Gasteiger partial charge on any atom is -0.393 e. The van der Waals surface area contributed by atoms with Crippen LogP contribution in [-0.2, 0) is 19.5 Å². The molecule has 0 aliphatic carbocycles. The normalized spacial score (nSPS) is 10.9. The van der Waals surface area contributed by atoms with Crippen molar-refractivity contribution in [3.8, 4) is 0 Å². The molecule has 0 unspecified atom stereocenters. The van der Waals surface area contributed by atoms with Crippen LogP contribution in [-0.4, -0.2) is 9.36 Å². The number of halogens is 1. The third-order valence-electron chi connectivity index (χ3n) is 3.39. The summed E-state index contributed by atoms with van der Waals surface area (Å²) in [6, 6.07) is 7.98. The molecule has 0 fully saturated rings. The Morgan fingerprint density at radius 2 is 2.00 bits per heavy atom. The standard InChI is InChI=1S/C15H20BrN3O/c1-3-6-13-14(17)15(20)19(18(13)4-2)10-11-7-5-8-12(16)9-11/h5,7-9H,3-4,6,10,17H2,1-2H3. The quantitative estimate of drug-likeness (QED) is 0.911. The monoisotopic (exact) mass is 337 g/mol. The molecule has 2 aromatic rings. The van der Waals surface area contributed by atoms with Gasteiger partial charge in [0.2, 0.25) is 0 Å². The summed E-state index contributed by atoms with van der Waals surface area (Å²) in [6.07, 6.45) is 1.81. The van der Waals surface area contributed by atoms with Crippen LogP contribution in [0.2, 0.25) is 0 Å². The van der Waals surface area contributed by atoms with Gasteiger partial charge in [-0.15, -0.1) is 0 Å². The van der Waals surface area contributed by atoms with E-state index in [-0.39, 0.29) is 5.56 Å². The number of nitrogens with zero attached hydrogens (tertiary/aromatic N) is 2. The van der Waals surface area contributed by atoms with Gasteiger partial charge in [0.1, 0.15) is 5.69 Å². The summed E-state index contributed by atoms with van der Waals surface area (Å²) in [5.74, 6) is 0. The summed E-state index contributed by atoms with van der Waals surface area (Å²) in [4.78, 5) is 12.3. The highest BCUT2D eigenvalue weighted by Gasteiger charge is 2.16. The first-order valence-electron chi connectivity index (χ1n) is 6.90. The maximum Gasteiger partial charge on any atom is 0.290 e. The second kappa shape index (κ2) is 6.31. The maximum absolute atomic E-state index is 12.3. The SMILES string of the molecule is CCCc1c(N)c(=O)n(Cc2cccc(Br)c2)n1CC. The third kappa shape index (κ3) is 2.82. The minimum absolute atomic E-state index is 0.0877. The molecule has 0 spiro atoms. The molecule has 4 nitrogen and oxygen atoms in total. The number of nitrogen functional groups attached to an aromatic ring is 1. The Balaban J connectivity index is 2.46. The number of nitrogens with two attached hydrogens (primary N) is 1. The number of hydrogen-bond acceptors (Lipinski definition) is 2. The van der Waals surface area contributed by atoms with E-state index in [0.29, 0.717) is 12.2 Å². The van der Waals surface area contributed by atoms with E-state index in [4.69, 9.17) is 5.73 Å². The Morgan fingerprint density at radius 1 is 1.25 bits per heavy atom. The van der Waals surface area contributed by atoms with Gasteiger partial charge in [-0.25, -0.2) is 4.68 Å². The molecule has 0 atom stereocenters. The van der Waals surface area contributed by atoms with Crippen LogP contribution in [0.5, 0.6) is 0 Å². The highest BCUT2D eigenvalue weighted by molar-refractivity contribution is 9.10. The highest BCUT2D eigenvalue weighted by Crippen LogP contribution is 2.15. The van der Waals surface area contributed by atoms with Crippen molar-refractivity contribution >= 4 is 21.6 Å². The molecule has 1 aromatic heterocycles. The zero-order chi connectivity index (χ0) is 14.7. The molecule has 0 radical (unpaired) electrons.